The summed E-state index contributed by atoms with van der Waals surface area (Å²) in [4.78, 5) is 4.30. The number of ether oxygens (including phenoxy) is 1. The molecule has 0 amide bonds. The maximum absolute atomic E-state index is 6.05. The van der Waals surface area contributed by atoms with Crippen LogP contribution in [0.25, 0.3) is 10.9 Å². The number of fused-ring (bicyclic) bond motifs is 1. The van der Waals surface area contributed by atoms with Crippen molar-refractivity contribution in [2.24, 2.45) is 0 Å². The van der Waals surface area contributed by atoms with E-state index in [1.807, 2.05) is 18.2 Å². The van der Waals surface area contributed by atoms with Gasteiger partial charge in [-0.3, -0.25) is 0 Å². The van der Waals surface area contributed by atoms with Crippen molar-refractivity contribution < 1.29 is 4.74 Å². The first kappa shape index (κ1) is 9.74. The van der Waals surface area contributed by atoms with E-state index in [0.717, 1.165) is 21.3 Å². The normalized spacial score (nSPS) is 10.5. The topological polar surface area (TPSA) is 22.1 Å². The first-order chi connectivity index (χ1) is 6.70. The number of pyridine rings is 1. The van der Waals surface area contributed by atoms with Crippen LogP contribution in [-0.2, 0) is 0 Å². The Morgan fingerprint density at radius 3 is 2.86 bits per heavy atom. The second-order valence-corrected chi connectivity index (χ2v) is 4.03. The van der Waals surface area contributed by atoms with E-state index in [-0.39, 0.29) is 0 Å². The minimum atomic E-state index is 0.685. The third-order valence-electron chi connectivity index (χ3n) is 1.94. The van der Waals surface area contributed by atoms with Gasteiger partial charge in [0.1, 0.15) is 10.4 Å². The fourth-order valence-electron chi connectivity index (χ4n) is 1.26. The highest BCUT2D eigenvalue weighted by atomic mass is 79.9. The first-order valence-electron chi connectivity index (χ1n) is 4.00. The molecule has 2 nitrogen and oxygen atoms in total. The van der Waals surface area contributed by atoms with Crippen LogP contribution in [0.15, 0.2) is 28.9 Å². The largest absolute Gasteiger partial charge is 0.497 e. The van der Waals surface area contributed by atoms with Gasteiger partial charge < -0.3 is 4.74 Å². The first-order valence-corrected chi connectivity index (χ1v) is 5.17. The quantitative estimate of drug-likeness (QED) is 0.739. The van der Waals surface area contributed by atoms with Gasteiger partial charge in [0.25, 0.3) is 0 Å². The average molecular weight is 273 g/mol. The third kappa shape index (κ3) is 1.70. The molecule has 0 unspecified atom stereocenters. The fraction of sp³-hybridized carbons (Fsp3) is 0.100. The number of methoxy groups -OCH3 is 1. The number of hydrogen-bond acceptors (Lipinski definition) is 2. The van der Waals surface area contributed by atoms with Crippen LogP contribution >= 0.6 is 27.5 Å². The van der Waals surface area contributed by atoms with Gasteiger partial charge in [0.15, 0.2) is 0 Å². The lowest BCUT2D eigenvalue weighted by Crippen LogP contribution is -1.85. The van der Waals surface area contributed by atoms with E-state index in [0.29, 0.717) is 5.02 Å². The van der Waals surface area contributed by atoms with E-state index in [2.05, 4.69) is 20.9 Å². The average Bonchev–Trinajstić information content (AvgIpc) is 2.16. The Morgan fingerprint density at radius 1 is 1.36 bits per heavy atom. The van der Waals surface area contributed by atoms with E-state index in [9.17, 15) is 0 Å². The highest BCUT2D eigenvalue weighted by Crippen LogP contribution is 2.27. The molecule has 0 aliphatic heterocycles. The van der Waals surface area contributed by atoms with Gasteiger partial charge in [0.05, 0.1) is 17.6 Å². The Bertz CT molecular complexity index is 487. The Balaban J connectivity index is 2.75. The Morgan fingerprint density at radius 2 is 2.14 bits per heavy atom. The zero-order valence-corrected chi connectivity index (χ0v) is 9.76. The maximum atomic E-state index is 6.05. The van der Waals surface area contributed by atoms with Gasteiger partial charge in [-0.1, -0.05) is 11.6 Å². The summed E-state index contributed by atoms with van der Waals surface area (Å²) in [5.41, 5.74) is 0.823. The second kappa shape index (κ2) is 3.75. The molecule has 72 valence electrons. The van der Waals surface area contributed by atoms with E-state index in [4.69, 9.17) is 16.3 Å². The van der Waals surface area contributed by atoms with Gasteiger partial charge in [-0.25, -0.2) is 4.98 Å². The van der Waals surface area contributed by atoms with Gasteiger partial charge in [-0.2, -0.15) is 0 Å². The summed E-state index contributed by atoms with van der Waals surface area (Å²) < 4.78 is 5.83. The number of benzene rings is 1. The van der Waals surface area contributed by atoms with E-state index in [1.165, 1.54) is 0 Å². The van der Waals surface area contributed by atoms with Crippen LogP contribution < -0.4 is 4.74 Å². The summed E-state index contributed by atoms with van der Waals surface area (Å²) in [7, 11) is 1.63. The number of hydrogen-bond donors (Lipinski definition) is 0. The van der Waals surface area contributed by atoms with E-state index in [1.54, 1.807) is 13.2 Å². The van der Waals surface area contributed by atoms with Crippen LogP contribution in [0.4, 0.5) is 0 Å². The molecule has 2 rings (SSSR count). The monoisotopic (exact) mass is 271 g/mol. The van der Waals surface area contributed by atoms with Gasteiger partial charge in [-0.15, -0.1) is 0 Å². The van der Waals surface area contributed by atoms with Crippen molar-refractivity contribution >= 4 is 38.4 Å². The Hall–Kier alpha value is -0.800. The molecule has 0 aliphatic carbocycles. The summed E-state index contributed by atoms with van der Waals surface area (Å²) >= 11 is 9.34. The number of halogens is 2. The fourth-order valence-corrected chi connectivity index (χ4v) is 2.08. The number of aromatic nitrogens is 1. The van der Waals surface area contributed by atoms with Gasteiger partial charge >= 0.3 is 0 Å². The molecule has 0 spiro atoms. The highest BCUT2D eigenvalue weighted by Gasteiger charge is 2.03. The highest BCUT2D eigenvalue weighted by molar-refractivity contribution is 9.10. The molecule has 0 N–H and O–H groups in total. The summed E-state index contributed by atoms with van der Waals surface area (Å²) in [6.07, 6.45) is 0. The lowest BCUT2D eigenvalue weighted by molar-refractivity contribution is 0.415. The molecule has 0 bridgehead atoms. The smallest absolute Gasteiger partial charge is 0.121 e. The molecule has 4 heteroatoms. The molecule has 1 heterocycles. The summed E-state index contributed by atoms with van der Waals surface area (Å²) in [6, 6.07) is 7.39. The predicted molar refractivity (Wildman–Crippen MR) is 61.0 cm³/mol. The van der Waals surface area contributed by atoms with Crippen LogP contribution in [0.1, 0.15) is 0 Å². The minimum Gasteiger partial charge on any atom is -0.497 e. The van der Waals surface area contributed by atoms with Crippen LogP contribution in [0.5, 0.6) is 5.75 Å². The molecule has 0 atom stereocenters. The molecular weight excluding hydrogens is 265 g/mol. The molecule has 1 aromatic heterocycles. The van der Waals surface area contributed by atoms with Crippen molar-refractivity contribution in [1.29, 1.82) is 0 Å². The Labute approximate surface area is 95.0 Å². The summed E-state index contributed by atoms with van der Waals surface area (Å²) in [5, 5.41) is 1.61. The molecule has 0 fully saturated rings. The summed E-state index contributed by atoms with van der Waals surface area (Å²) in [5.74, 6) is 0.777. The van der Waals surface area contributed by atoms with Crippen LogP contribution in [-0.4, -0.2) is 12.1 Å². The standard InChI is InChI=1S/C10H7BrClNO/c1-14-6-2-3-7-8(12)5-10(11)13-9(7)4-6/h2-5H,1H3. The van der Waals surface area contributed by atoms with Crippen LogP contribution in [0, 0.1) is 0 Å². The van der Waals surface area contributed by atoms with Gasteiger partial charge in [-0.05, 0) is 34.1 Å². The van der Waals surface area contributed by atoms with Crippen molar-refractivity contribution in [2.75, 3.05) is 7.11 Å². The van der Waals surface area contributed by atoms with Crippen molar-refractivity contribution in [1.82, 2.24) is 4.98 Å². The van der Waals surface area contributed by atoms with Crippen molar-refractivity contribution in [3.63, 3.8) is 0 Å². The lowest BCUT2D eigenvalue weighted by Gasteiger charge is -2.03. The van der Waals surface area contributed by atoms with Gasteiger partial charge in [0, 0.05) is 11.5 Å². The van der Waals surface area contributed by atoms with Crippen LogP contribution in [0.3, 0.4) is 0 Å². The molecule has 14 heavy (non-hydrogen) atoms. The van der Waals surface area contributed by atoms with E-state index >= 15 is 0 Å². The van der Waals surface area contributed by atoms with Crippen LogP contribution in [0.2, 0.25) is 5.02 Å². The molecule has 0 saturated heterocycles. The molecule has 0 saturated carbocycles. The number of nitrogens with zero attached hydrogens (tertiary/aromatic N) is 1. The molecule has 0 aliphatic rings. The molecule has 1 aromatic carbocycles. The molecular formula is C10H7BrClNO. The summed E-state index contributed by atoms with van der Waals surface area (Å²) in [6.45, 7) is 0. The predicted octanol–water partition coefficient (Wildman–Crippen LogP) is 3.66. The zero-order valence-electron chi connectivity index (χ0n) is 7.42. The number of rotatable bonds is 1. The molecule has 2 aromatic rings. The molecule has 0 radical (unpaired) electrons. The van der Waals surface area contributed by atoms with Crippen molar-refractivity contribution in [3.8, 4) is 5.75 Å². The SMILES string of the molecule is COc1ccc2c(Cl)cc(Br)nc2c1. The Kier molecular flexibility index (Phi) is 2.61. The zero-order chi connectivity index (χ0) is 10.1. The van der Waals surface area contributed by atoms with Gasteiger partial charge in [0.2, 0.25) is 0 Å². The maximum Gasteiger partial charge on any atom is 0.121 e. The second-order valence-electron chi connectivity index (χ2n) is 2.81. The van der Waals surface area contributed by atoms with Crippen molar-refractivity contribution in [3.05, 3.63) is 33.9 Å². The third-order valence-corrected chi connectivity index (χ3v) is 2.65. The van der Waals surface area contributed by atoms with E-state index < -0.39 is 0 Å². The minimum absolute atomic E-state index is 0.685. The lowest BCUT2D eigenvalue weighted by atomic mass is 10.2. The van der Waals surface area contributed by atoms with Crippen molar-refractivity contribution in [2.45, 2.75) is 0 Å².